The minimum atomic E-state index is -0.645. The Morgan fingerprint density at radius 3 is 2.90 bits per heavy atom. The molecule has 1 spiro atoms. The lowest BCUT2D eigenvalue weighted by atomic mass is 9.76. The molecule has 0 radical (unpaired) electrons. The number of rotatable bonds is 7. The molecule has 2 fully saturated rings. The number of likely N-dealkylation sites (tertiary alicyclic amines) is 1. The fourth-order valence-electron chi connectivity index (χ4n) is 5.04. The average Bonchev–Trinajstić information content (AvgIpc) is 3.51. The van der Waals surface area contributed by atoms with E-state index in [-0.39, 0.29) is 24.0 Å². The molecule has 2 bridgehead atoms. The summed E-state index contributed by atoms with van der Waals surface area (Å²) in [7, 11) is 0. The Bertz CT molecular complexity index is 958. The van der Waals surface area contributed by atoms with Gasteiger partial charge < -0.3 is 15.0 Å². The van der Waals surface area contributed by atoms with Gasteiger partial charge in [-0.25, -0.2) is 0 Å². The Labute approximate surface area is 180 Å². The summed E-state index contributed by atoms with van der Waals surface area (Å²) in [5.41, 5.74) is 0.618. The first-order valence-corrected chi connectivity index (χ1v) is 11.5. The van der Waals surface area contributed by atoms with Gasteiger partial charge in [0.1, 0.15) is 5.60 Å². The Hall–Kier alpha value is -2.44. The second-order valence-electron chi connectivity index (χ2n) is 8.61. The topological polar surface area (TPSA) is 58.6 Å². The van der Waals surface area contributed by atoms with E-state index < -0.39 is 17.4 Å². The van der Waals surface area contributed by atoms with Crippen molar-refractivity contribution in [2.45, 2.75) is 44.1 Å². The lowest BCUT2D eigenvalue weighted by Crippen LogP contribution is -2.46. The normalized spacial score (nSPS) is 30.0. The molecule has 156 valence electrons. The molecule has 1 aromatic heterocycles. The van der Waals surface area contributed by atoms with E-state index in [1.165, 1.54) is 5.56 Å². The Balaban J connectivity index is 1.25. The molecule has 0 saturated carbocycles. The third-order valence-corrected chi connectivity index (χ3v) is 7.37. The molecule has 2 amide bonds. The Kier molecular flexibility index (Phi) is 4.99. The fourth-order valence-corrected chi connectivity index (χ4v) is 5.76. The van der Waals surface area contributed by atoms with Gasteiger partial charge in [-0.2, -0.15) is 0 Å². The predicted octanol–water partition coefficient (Wildman–Crippen LogP) is 3.17. The van der Waals surface area contributed by atoms with E-state index in [2.05, 4.69) is 17.4 Å². The van der Waals surface area contributed by atoms with Gasteiger partial charge in [0.25, 0.3) is 0 Å². The van der Waals surface area contributed by atoms with Crippen molar-refractivity contribution in [1.82, 2.24) is 10.2 Å². The molecule has 6 heteroatoms. The molecule has 4 heterocycles. The SMILES string of the molecule is CC(CCc1ccccc1)NC(=O)C1C2C=CC3(CN(Cc4cccs4)C(=O)C13)O2. The number of nitrogens with one attached hydrogen (secondary N) is 1. The molecule has 30 heavy (non-hydrogen) atoms. The highest BCUT2D eigenvalue weighted by molar-refractivity contribution is 7.09. The lowest BCUT2D eigenvalue weighted by molar-refractivity contribution is -0.138. The van der Waals surface area contributed by atoms with Crippen LogP contribution in [0.4, 0.5) is 0 Å². The smallest absolute Gasteiger partial charge is 0.230 e. The molecule has 5 nitrogen and oxygen atoms in total. The van der Waals surface area contributed by atoms with Crippen LogP contribution in [0.5, 0.6) is 0 Å². The standard InChI is InChI=1S/C24H26N2O3S/c1-16(9-10-17-6-3-2-4-7-17)25-22(27)20-19-11-12-24(29-19)15-26(23(28)21(20)24)14-18-8-5-13-30-18/h2-8,11-13,16,19-21H,9-10,14-15H2,1H3,(H,25,27). The number of carbonyl (C=O) groups is 2. The summed E-state index contributed by atoms with van der Waals surface area (Å²) in [5, 5.41) is 5.16. The first-order chi connectivity index (χ1) is 14.6. The number of carbonyl (C=O) groups excluding carboxylic acids is 2. The summed E-state index contributed by atoms with van der Waals surface area (Å²) in [6, 6.07) is 14.3. The molecule has 1 aromatic carbocycles. The maximum Gasteiger partial charge on any atom is 0.230 e. The van der Waals surface area contributed by atoms with E-state index >= 15 is 0 Å². The zero-order valence-corrected chi connectivity index (χ0v) is 17.8. The van der Waals surface area contributed by atoms with Crippen molar-refractivity contribution in [3.05, 3.63) is 70.4 Å². The minimum absolute atomic E-state index is 0.0346. The van der Waals surface area contributed by atoms with Gasteiger partial charge in [-0.1, -0.05) is 48.6 Å². The molecule has 5 rings (SSSR count). The third-order valence-electron chi connectivity index (χ3n) is 6.51. The maximum absolute atomic E-state index is 13.2. The number of benzene rings is 1. The van der Waals surface area contributed by atoms with Crippen LogP contribution in [0.15, 0.2) is 60.0 Å². The van der Waals surface area contributed by atoms with E-state index in [0.29, 0.717) is 13.1 Å². The second kappa shape index (κ2) is 7.67. The average molecular weight is 423 g/mol. The van der Waals surface area contributed by atoms with Gasteiger partial charge >= 0.3 is 0 Å². The van der Waals surface area contributed by atoms with Crippen molar-refractivity contribution in [1.29, 1.82) is 0 Å². The van der Waals surface area contributed by atoms with E-state index in [4.69, 9.17) is 4.74 Å². The lowest BCUT2D eigenvalue weighted by Gasteiger charge is -2.25. The number of ether oxygens (including phenoxy) is 1. The summed E-state index contributed by atoms with van der Waals surface area (Å²) in [6.45, 7) is 3.13. The highest BCUT2D eigenvalue weighted by Crippen LogP contribution is 2.52. The van der Waals surface area contributed by atoms with Gasteiger partial charge in [-0.05, 0) is 36.8 Å². The molecule has 0 aliphatic carbocycles. The van der Waals surface area contributed by atoms with E-state index in [9.17, 15) is 9.59 Å². The summed E-state index contributed by atoms with van der Waals surface area (Å²) in [5.74, 6) is -0.903. The van der Waals surface area contributed by atoms with Crippen LogP contribution in [-0.2, 0) is 27.3 Å². The number of amides is 2. The molecule has 3 aliphatic heterocycles. The van der Waals surface area contributed by atoms with Crippen LogP contribution in [0.25, 0.3) is 0 Å². The van der Waals surface area contributed by atoms with Crippen LogP contribution >= 0.6 is 11.3 Å². The quantitative estimate of drug-likeness (QED) is 0.698. The predicted molar refractivity (Wildman–Crippen MR) is 116 cm³/mol. The van der Waals surface area contributed by atoms with Gasteiger partial charge in [0.2, 0.25) is 11.8 Å². The first-order valence-electron chi connectivity index (χ1n) is 10.6. The van der Waals surface area contributed by atoms with E-state index in [0.717, 1.165) is 17.7 Å². The van der Waals surface area contributed by atoms with Crippen molar-refractivity contribution in [2.75, 3.05) is 6.54 Å². The van der Waals surface area contributed by atoms with Crippen molar-refractivity contribution >= 4 is 23.2 Å². The van der Waals surface area contributed by atoms with Crippen LogP contribution in [0.2, 0.25) is 0 Å². The zero-order valence-electron chi connectivity index (χ0n) is 17.0. The Morgan fingerprint density at radius 2 is 2.13 bits per heavy atom. The largest absolute Gasteiger partial charge is 0.360 e. The summed E-state index contributed by atoms with van der Waals surface area (Å²) < 4.78 is 6.22. The highest BCUT2D eigenvalue weighted by Gasteiger charge is 2.66. The van der Waals surface area contributed by atoms with E-state index in [1.54, 1.807) is 11.3 Å². The molecule has 2 aromatic rings. The summed E-state index contributed by atoms with van der Waals surface area (Å²) in [6.07, 6.45) is 5.45. The van der Waals surface area contributed by atoms with Gasteiger partial charge in [0.15, 0.2) is 0 Å². The van der Waals surface area contributed by atoms with E-state index in [1.807, 2.05) is 59.7 Å². The number of fused-ring (bicyclic) bond motifs is 1. The van der Waals surface area contributed by atoms with Crippen molar-refractivity contribution in [3.8, 4) is 0 Å². The molecular formula is C24H26N2O3S. The number of hydrogen-bond donors (Lipinski definition) is 1. The number of aryl methyl sites for hydroxylation is 1. The van der Waals surface area contributed by atoms with Crippen LogP contribution in [0, 0.1) is 11.8 Å². The second-order valence-corrected chi connectivity index (χ2v) is 9.64. The number of hydrogen-bond acceptors (Lipinski definition) is 4. The Morgan fingerprint density at radius 1 is 1.30 bits per heavy atom. The number of thiophene rings is 1. The van der Waals surface area contributed by atoms with Gasteiger partial charge in [-0.3, -0.25) is 9.59 Å². The molecule has 5 atom stereocenters. The maximum atomic E-state index is 13.2. The summed E-state index contributed by atoms with van der Waals surface area (Å²) in [4.78, 5) is 29.4. The van der Waals surface area contributed by atoms with Gasteiger partial charge in [0, 0.05) is 10.9 Å². The molecule has 2 saturated heterocycles. The number of nitrogens with zero attached hydrogens (tertiary/aromatic N) is 1. The molecule has 1 N–H and O–H groups in total. The van der Waals surface area contributed by atoms with Crippen molar-refractivity contribution in [3.63, 3.8) is 0 Å². The van der Waals surface area contributed by atoms with Crippen LogP contribution in [0.3, 0.4) is 0 Å². The van der Waals surface area contributed by atoms with Crippen molar-refractivity contribution in [2.24, 2.45) is 11.8 Å². The first kappa shape index (κ1) is 19.5. The van der Waals surface area contributed by atoms with Crippen LogP contribution < -0.4 is 5.32 Å². The van der Waals surface area contributed by atoms with Crippen LogP contribution in [-0.4, -0.2) is 41.0 Å². The van der Waals surface area contributed by atoms with Gasteiger partial charge in [-0.15, -0.1) is 11.3 Å². The summed E-state index contributed by atoms with van der Waals surface area (Å²) >= 11 is 1.64. The highest BCUT2D eigenvalue weighted by atomic mass is 32.1. The fraction of sp³-hybridized carbons (Fsp3) is 0.417. The molecule has 3 aliphatic rings. The monoisotopic (exact) mass is 422 g/mol. The van der Waals surface area contributed by atoms with Crippen molar-refractivity contribution < 1.29 is 14.3 Å². The molecule has 5 unspecified atom stereocenters. The third kappa shape index (κ3) is 3.38. The van der Waals surface area contributed by atoms with Crippen LogP contribution in [0.1, 0.15) is 23.8 Å². The van der Waals surface area contributed by atoms with Gasteiger partial charge in [0.05, 0.1) is 31.0 Å². The minimum Gasteiger partial charge on any atom is -0.360 e. The zero-order chi connectivity index (χ0) is 20.7. The molecular weight excluding hydrogens is 396 g/mol.